The van der Waals surface area contributed by atoms with E-state index in [1.54, 1.807) is 0 Å². The maximum absolute atomic E-state index is 11.3. The van der Waals surface area contributed by atoms with Crippen LogP contribution in [0.15, 0.2) is 47.0 Å². The molecule has 0 spiro atoms. The number of carbonyl (C=O) groups is 1. The van der Waals surface area contributed by atoms with Gasteiger partial charge in [-0.1, -0.05) is 43.3 Å². The van der Waals surface area contributed by atoms with Crippen LogP contribution in [0.3, 0.4) is 0 Å². The van der Waals surface area contributed by atoms with E-state index in [4.69, 9.17) is 4.52 Å². The van der Waals surface area contributed by atoms with Crippen LogP contribution in [0.2, 0.25) is 0 Å². The number of hydrogen-bond acceptors (Lipinski definition) is 5. The van der Waals surface area contributed by atoms with Crippen molar-refractivity contribution in [2.75, 3.05) is 13.1 Å². The summed E-state index contributed by atoms with van der Waals surface area (Å²) in [6.07, 6.45) is 3.82. The molecule has 0 radical (unpaired) electrons. The molecule has 32 heavy (non-hydrogen) atoms. The predicted molar refractivity (Wildman–Crippen MR) is 122 cm³/mol. The molecule has 2 heterocycles. The van der Waals surface area contributed by atoms with Gasteiger partial charge in [0.15, 0.2) is 0 Å². The number of carboxylic acids is 1. The Morgan fingerprint density at radius 2 is 1.94 bits per heavy atom. The van der Waals surface area contributed by atoms with Crippen LogP contribution in [-0.2, 0) is 17.6 Å². The minimum absolute atomic E-state index is 0.240. The van der Waals surface area contributed by atoms with Gasteiger partial charge in [0.1, 0.15) is 0 Å². The number of carboxylic acid groups (broad SMARTS) is 1. The summed E-state index contributed by atoms with van der Waals surface area (Å²) in [6.45, 7) is 5.93. The molecule has 5 rings (SSSR count). The number of rotatable bonds is 6. The number of fused-ring (bicyclic) bond motifs is 1. The van der Waals surface area contributed by atoms with Crippen LogP contribution in [0.5, 0.6) is 0 Å². The van der Waals surface area contributed by atoms with Gasteiger partial charge in [0.25, 0.3) is 5.89 Å². The standard InChI is InChI=1S/C26H29N3O3/c1-16(2)13-17-3-5-18(6-4-17)25-27-24(28-32-25)20-7-9-22-19(14-20)8-10-23(22)29-12-11-21(15-29)26(30)31/h3-7,9,14,16,21,23H,8,10-13,15H2,1-2H3,(H,30,31)/t21-,23?/m1/s1. The Morgan fingerprint density at radius 3 is 2.66 bits per heavy atom. The van der Waals surface area contributed by atoms with E-state index in [9.17, 15) is 9.90 Å². The molecule has 1 aliphatic heterocycles. The lowest BCUT2D eigenvalue weighted by Crippen LogP contribution is -2.26. The Labute approximate surface area is 188 Å². The van der Waals surface area contributed by atoms with E-state index in [2.05, 4.69) is 59.2 Å². The maximum Gasteiger partial charge on any atom is 0.307 e. The first kappa shape index (κ1) is 20.9. The second-order valence-electron chi connectivity index (χ2n) is 9.50. The minimum Gasteiger partial charge on any atom is -0.481 e. The van der Waals surface area contributed by atoms with E-state index in [1.165, 1.54) is 16.7 Å². The fourth-order valence-corrected chi connectivity index (χ4v) is 5.10. The second-order valence-corrected chi connectivity index (χ2v) is 9.50. The molecule has 166 valence electrons. The number of nitrogens with zero attached hydrogens (tertiary/aromatic N) is 3. The third-order valence-corrected chi connectivity index (χ3v) is 6.73. The third kappa shape index (κ3) is 4.07. The highest BCUT2D eigenvalue weighted by Gasteiger charge is 2.35. The molecule has 0 saturated carbocycles. The van der Waals surface area contributed by atoms with E-state index < -0.39 is 5.97 Å². The lowest BCUT2D eigenvalue weighted by molar-refractivity contribution is -0.141. The Bertz CT molecular complexity index is 1120. The molecule has 2 atom stereocenters. The normalized spacial score (nSPS) is 20.7. The number of aryl methyl sites for hydroxylation is 1. The quantitative estimate of drug-likeness (QED) is 0.592. The van der Waals surface area contributed by atoms with Gasteiger partial charge in [-0.15, -0.1) is 0 Å². The van der Waals surface area contributed by atoms with Crippen molar-refractivity contribution >= 4 is 5.97 Å². The van der Waals surface area contributed by atoms with E-state index in [0.717, 1.165) is 43.4 Å². The van der Waals surface area contributed by atoms with E-state index in [-0.39, 0.29) is 5.92 Å². The van der Waals surface area contributed by atoms with Crippen LogP contribution in [0.4, 0.5) is 0 Å². The zero-order valence-corrected chi connectivity index (χ0v) is 18.6. The molecule has 1 saturated heterocycles. The number of benzene rings is 2. The van der Waals surface area contributed by atoms with Gasteiger partial charge in [0, 0.05) is 23.7 Å². The molecule has 1 fully saturated rings. The highest BCUT2D eigenvalue weighted by molar-refractivity contribution is 5.70. The summed E-state index contributed by atoms with van der Waals surface area (Å²) in [5, 5.41) is 13.5. The molecule has 2 aromatic carbocycles. The van der Waals surface area contributed by atoms with Crippen molar-refractivity contribution in [2.45, 2.75) is 45.6 Å². The van der Waals surface area contributed by atoms with Crippen LogP contribution in [-0.4, -0.2) is 39.2 Å². The average molecular weight is 432 g/mol. The topological polar surface area (TPSA) is 79.5 Å². The molecular formula is C26H29N3O3. The maximum atomic E-state index is 11.3. The highest BCUT2D eigenvalue weighted by atomic mass is 16.5. The van der Waals surface area contributed by atoms with Crippen molar-refractivity contribution in [3.05, 3.63) is 59.2 Å². The van der Waals surface area contributed by atoms with Crippen molar-refractivity contribution < 1.29 is 14.4 Å². The van der Waals surface area contributed by atoms with E-state index in [1.807, 2.05) is 12.1 Å². The van der Waals surface area contributed by atoms with Gasteiger partial charge in [-0.25, -0.2) is 0 Å². The van der Waals surface area contributed by atoms with Crippen molar-refractivity contribution in [3.8, 4) is 22.8 Å². The number of likely N-dealkylation sites (tertiary alicyclic amines) is 1. The predicted octanol–water partition coefficient (Wildman–Crippen LogP) is 5.00. The van der Waals surface area contributed by atoms with Gasteiger partial charge in [-0.05, 0) is 73.0 Å². The van der Waals surface area contributed by atoms with Gasteiger partial charge in [-0.3, -0.25) is 9.69 Å². The molecule has 1 unspecified atom stereocenters. The summed E-state index contributed by atoms with van der Waals surface area (Å²) >= 11 is 0. The fraction of sp³-hybridized carbons (Fsp3) is 0.423. The fourth-order valence-electron chi connectivity index (χ4n) is 5.10. The summed E-state index contributed by atoms with van der Waals surface area (Å²) in [6, 6.07) is 15.0. The second kappa shape index (κ2) is 8.51. The molecule has 1 aromatic heterocycles. The van der Waals surface area contributed by atoms with Gasteiger partial charge >= 0.3 is 5.97 Å². The first-order valence-corrected chi connectivity index (χ1v) is 11.5. The molecule has 6 nitrogen and oxygen atoms in total. The molecule has 0 amide bonds. The van der Waals surface area contributed by atoms with Crippen molar-refractivity contribution in [1.82, 2.24) is 15.0 Å². The molecule has 1 aliphatic carbocycles. The van der Waals surface area contributed by atoms with Crippen molar-refractivity contribution in [1.29, 1.82) is 0 Å². The summed E-state index contributed by atoms with van der Waals surface area (Å²) in [7, 11) is 0. The number of hydrogen-bond donors (Lipinski definition) is 1. The summed E-state index contributed by atoms with van der Waals surface area (Å²) in [5.41, 5.74) is 5.81. The zero-order valence-electron chi connectivity index (χ0n) is 18.6. The molecule has 2 aliphatic rings. The van der Waals surface area contributed by atoms with Crippen LogP contribution in [0.25, 0.3) is 22.8 Å². The van der Waals surface area contributed by atoms with Gasteiger partial charge in [-0.2, -0.15) is 4.98 Å². The Morgan fingerprint density at radius 1 is 1.16 bits per heavy atom. The monoisotopic (exact) mass is 431 g/mol. The Balaban J connectivity index is 1.32. The third-order valence-electron chi connectivity index (χ3n) is 6.73. The van der Waals surface area contributed by atoms with Gasteiger partial charge in [0.05, 0.1) is 5.92 Å². The zero-order chi connectivity index (χ0) is 22.2. The first-order valence-electron chi connectivity index (χ1n) is 11.5. The largest absolute Gasteiger partial charge is 0.481 e. The number of aliphatic carboxylic acids is 1. The van der Waals surface area contributed by atoms with Crippen LogP contribution in [0.1, 0.15) is 49.4 Å². The first-order chi connectivity index (χ1) is 15.5. The Hall–Kier alpha value is -2.99. The lowest BCUT2D eigenvalue weighted by atomic mass is 10.0. The molecule has 0 bridgehead atoms. The average Bonchev–Trinajstić information content (AvgIpc) is 3.52. The van der Waals surface area contributed by atoms with E-state index in [0.29, 0.717) is 30.2 Å². The smallest absolute Gasteiger partial charge is 0.307 e. The van der Waals surface area contributed by atoms with Crippen molar-refractivity contribution in [3.63, 3.8) is 0 Å². The number of aromatic nitrogens is 2. The summed E-state index contributed by atoms with van der Waals surface area (Å²) in [4.78, 5) is 18.3. The summed E-state index contributed by atoms with van der Waals surface area (Å²) in [5.74, 6) is 0.842. The molecular weight excluding hydrogens is 402 g/mol. The highest BCUT2D eigenvalue weighted by Crippen LogP contribution is 2.40. The Kier molecular flexibility index (Phi) is 5.55. The van der Waals surface area contributed by atoms with Crippen LogP contribution in [0, 0.1) is 11.8 Å². The molecule has 6 heteroatoms. The van der Waals surface area contributed by atoms with Gasteiger partial charge in [0.2, 0.25) is 5.82 Å². The van der Waals surface area contributed by atoms with Crippen LogP contribution >= 0.6 is 0 Å². The summed E-state index contributed by atoms with van der Waals surface area (Å²) < 4.78 is 5.56. The van der Waals surface area contributed by atoms with Crippen LogP contribution < -0.4 is 0 Å². The van der Waals surface area contributed by atoms with Gasteiger partial charge < -0.3 is 9.63 Å². The molecule has 1 N–H and O–H groups in total. The lowest BCUT2D eigenvalue weighted by Gasteiger charge is -2.24. The van der Waals surface area contributed by atoms with Crippen molar-refractivity contribution in [2.24, 2.45) is 11.8 Å². The molecule has 3 aromatic rings. The minimum atomic E-state index is -0.677. The SMILES string of the molecule is CC(C)Cc1ccc(-c2nc(-c3ccc4c(c3)CCC4N3CC[C@@H](C(=O)O)C3)no2)cc1. The van der Waals surface area contributed by atoms with E-state index >= 15 is 0 Å².